The van der Waals surface area contributed by atoms with E-state index in [9.17, 15) is 4.39 Å². The first-order chi connectivity index (χ1) is 11.0. The number of hydrogen-bond donors (Lipinski definition) is 2. The normalized spacial score (nSPS) is 10.6. The van der Waals surface area contributed by atoms with E-state index in [0.717, 1.165) is 42.0 Å². The fourth-order valence-corrected chi connectivity index (χ4v) is 2.54. The monoisotopic (exact) mass is 334 g/mol. The van der Waals surface area contributed by atoms with Gasteiger partial charge in [0.05, 0.1) is 23.6 Å². The minimum atomic E-state index is -0.229. The minimum absolute atomic E-state index is 0.229. The molecule has 0 aliphatic heterocycles. The second-order valence-corrected chi connectivity index (χ2v) is 5.97. The number of halogens is 1. The Morgan fingerprint density at radius 1 is 1.26 bits per heavy atom. The molecule has 23 heavy (non-hydrogen) atoms. The number of hydrogen-bond acceptors (Lipinski definition) is 2. The summed E-state index contributed by atoms with van der Waals surface area (Å²) in [6, 6.07) is 6.48. The van der Waals surface area contributed by atoms with E-state index in [0.29, 0.717) is 11.7 Å². The Labute approximate surface area is 142 Å². The van der Waals surface area contributed by atoms with Gasteiger partial charge in [-0.25, -0.2) is 4.39 Å². The maximum atomic E-state index is 13.0. The number of benzene rings is 1. The summed E-state index contributed by atoms with van der Waals surface area (Å²) in [5.74, 6) is -0.229. The predicted molar refractivity (Wildman–Crippen MR) is 96.3 cm³/mol. The van der Waals surface area contributed by atoms with E-state index in [4.69, 9.17) is 12.2 Å². The van der Waals surface area contributed by atoms with Crippen molar-refractivity contribution >= 4 is 23.0 Å². The Hall–Kier alpha value is -1.95. The van der Waals surface area contributed by atoms with Gasteiger partial charge >= 0.3 is 0 Å². The van der Waals surface area contributed by atoms with Crippen LogP contribution in [0, 0.1) is 19.7 Å². The molecule has 2 N–H and O–H groups in total. The molecule has 0 bridgehead atoms. The number of aryl methyl sites for hydroxylation is 1. The van der Waals surface area contributed by atoms with Crippen LogP contribution in [-0.2, 0) is 6.54 Å². The molecule has 0 spiro atoms. The van der Waals surface area contributed by atoms with Gasteiger partial charge in [-0.2, -0.15) is 5.10 Å². The van der Waals surface area contributed by atoms with Crippen LogP contribution in [0.25, 0.3) is 0 Å². The quantitative estimate of drug-likeness (QED) is 0.623. The third-order valence-corrected chi connectivity index (χ3v) is 3.93. The summed E-state index contributed by atoms with van der Waals surface area (Å²) in [5, 5.41) is 11.6. The van der Waals surface area contributed by atoms with Gasteiger partial charge in [-0.1, -0.05) is 25.5 Å². The zero-order valence-corrected chi connectivity index (χ0v) is 14.6. The maximum absolute atomic E-state index is 13.0. The molecule has 0 radical (unpaired) electrons. The van der Waals surface area contributed by atoms with Crippen LogP contribution in [0.4, 0.5) is 10.1 Å². The van der Waals surface area contributed by atoms with Gasteiger partial charge in [0.2, 0.25) is 0 Å². The van der Waals surface area contributed by atoms with Crippen LogP contribution in [0.15, 0.2) is 24.3 Å². The highest BCUT2D eigenvalue weighted by Gasteiger charge is 2.13. The second kappa shape index (κ2) is 8.06. The molecule has 1 aromatic heterocycles. The van der Waals surface area contributed by atoms with Crippen molar-refractivity contribution < 1.29 is 4.39 Å². The fourth-order valence-electron chi connectivity index (χ4n) is 2.33. The van der Waals surface area contributed by atoms with E-state index in [-0.39, 0.29) is 5.82 Å². The van der Waals surface area contributed by atoms with Crippen molar-refractivity contribution in [1.29, 1.82) is 0 Å². The third kappa shape index (κ3) is 4.76. The highest BCUT2D eigenvalue weighted by atomic mass is 32.1. The van der Waals surface area contributed by atoms with E-state index in [2.05, 4.69) is 22.7 Å². The number of nitrogens with one attached hydrogen (secondary N) is 2. The Bertz CT molecular complexity index is 664. The topological polar surface area (TPSA) is 41.9 Å². The largest absolute Gasteiger partial charge is 0.362 e. The molecular weight excluding hydrogens is 311 g/mol. The Morgan fingerprint density at radius 2 is 1.96 bits per heavy atom. The number of thiocarbonyl (C=S) groups is 1. The summed E-state index contributed by atoms with van der Waals surface area (Å²) in [4.78, 5) is 0. The number of nitrogens with zero attached hydrogens (tertiary/aromatic N) is 2. The lowest BCUT2D eigenvalue weighted by molar-refractivity contribution is 0.622. The molecule has 0 atom stereocenters. The summed E-state index contributed by atoms with van der Waals surface area (Å²) in [7, 11) is 0. The zero-order chi connectivity index (χ0) is 16.8. The molecule has 1 aromatic carbocycles. The van der Waals surface area contributed by atoms with Gasteiger partial charge in [0.15, 0.2) is 5.11 Å². The fraction of sp³-hybridized carbons (Fsp3) is 0.412. The van der Waals surface area contributed by atoms with E-state index in [1.54, 1.807) is 12.1 Å². The summed E-state index contributed by atoms with van der Waals surface area (Å²) in [5.41, 5.74) is 3.84. The molecule has 2 rings (SSSR count). The number of anilines is 1. The molecule has 0 fully saturated rings. The van der Waals surface area contributed by atoms with Gasteiger partial charge in [0, 0.05) is 6.54 Å². The van der Waals surface area contributed by atoms with Crippen molar-refractivity contribution in [2.75, 3.05) is 11.9 Å². The number of aromatic nitrogens is 2. The van der Waals surface area contributed by atoms with Crippen molar-refractivity contribution in [1.82, 2.24) is 15.1 Å². The molecule has 124 valence electrons. The van der Waals surface area contributed by atoms with E-state index >= 15 is 0 Å². The van der Waals surface area contributed by atoms with Gasteiger partial charge in [0.25, 0.3) is 0 Å². The minimum Gasteiger partial charge on any atom is -0.362 e. The number of rotatable bonds is 6. The molecule has 6 heteroatoms. The second-order valence-electron chi connectivity index (χ2n) is 5.56. The van der Waals surface area contributed by atoms with Gasteiger partial charge in [-0.3, -0.25) is 4.68 Å². The first-order valence-corrected chi connectivity index (χ1v) is 8.25. The molecule has 1 heterocycles. The molecule has 0 amide bonds. The third-order valence-electron chi connectivity index (χ3n) is 3.68. The van der Waals surface area contributed by atoms with Crippen molar-refractivity contribution in [2.24, 2.45) is 0 Å². The van der Waals surface area contributed by atoms with Crippen molar-refractivity contribution in [3.63, 3.8) is 0 Å². The highest BCUT2D eigenvalue weighted by molar-refractivity contribution is 7.80. The summed E-state index contributed by atoms with van der Waals surface area (Å²) < 4.78 is 14.9. The van der Waals surface area contributed by atoms with Gasteiger partial charge in [0.1, 0.15) is 5.82 Å². The highest BCUT2D eigenvalue weighted by Crippen LogP contribution is 2.20. The van der Waals surface area contributed by atoms with Crippen LogP contribution < -0.4 is 10.6 Å². The lowest BCUT2D eigenvalue weighted by Gasteiger charge is -2.11. The lowest BCUT2D eigenvalue weighted by Crippen LogP contribution is -2.29. The Balaban J connectivity index is 2.06. The van der Waals surface area contributed by atoms with Crippen LogP contribution in [0.2, 0.25) is 0 Å². The van der Waals surface area contributed by atoms with E-state index in [1.165, 1.54) is 12.1 Å². The van der Waals surface area contributed by atoms with Crippen LogP contribution in [0.5, 0.6) is 0 Å². The Morgan fingerprint density at radius 3 is 2.61 bits per heavy atom. The molecule has 0 unspecified atom stereocenters. The molecule has 4 nitrogen and oxygen atoms in total. The average molecular weight is 334 g/mol. The van der Waals surface area contributed by atoms with Crippen molar-refractivity contribution in [3.05, 3.63) is 47.0 Å². The predicted octanol–water partition coefficient (Wildman–Crippen LogP) is 3.77. The summed E-state index contributed by atoms with van der Waals surface area (Å²) in [6.45, 7) is 7.56. The smallest absolute Gasteiger partial charge is 0.170 e. The molecule has 0 aliphatic carbocycles. The van der Waals surface area contributed by atoms with Crippen molar-refractivity contribution in [3.8, 4) is 0 Å². The van der Waals surface area contributed by atoms with Gasteiger partial charge < -0.3 is 10.6 Å². The first kappa shape index (κ1) is 17.4. The summed E-state index contributed by atoms with van der Waals surface area (Å²) in [6.07, 6.45) is 2.22. The first-order valence-electron chi connectivity index (χ1n) is 7.84. The molecule has 0 aliphatic rings. The lowest BCUT2D eigenvalue weighted by atomic mass is 10.2. The molecule has 0 saturated carbocycles. The van der Waals surface area contributed by atoms with Gasteiger partial charge in [-0.05, 0) is 50.2 Å². The zero-order valence-electron chi connectivity index (χ0n) is 13.8. The SMILES string of the molecule is CCCCNC(=S)Nc1c(C)nn(Cc2ccc(F)cc2)c1C. The summed E-state index contributed by atoms with van der Waals surface area (Å²) >= 11 is 5.32. The van der Waals surface area contributed by atoms with Crippen LogP contribution in [0.1, 0.15) is 36.7 Å². The average Bonchev–Trinajstić information content (AvgIpc) is 2.77. The Kier molecular flexibility index (Phi) is 6.10. The number of unbranched alkanes of at least 4 members (excludes halogenated alkanes) is 1. The van der Waals surface area contributed by atoms with E-state index < -0.39 is 0 Å². The van der Waals surface area contributed by atoms with Gasteiger partial charge in [-0.15, -0.1) is 0 Å². The molecule has 0 saturated heterocycles. The van der Waals surface area contributed by atoms with Crippen LogP contribution in [0.3, 0.4) is 0 Å². The molecular formula is C17H23FN4S. The molecule has 2 aromatic rings. The van der Waals surface area contributed by atoms with Crippen LogP contribution >= 0.6 is 12.2 Å². The standard InChI is InChI=1S/C17H23FN4S/c1-4-5-10-19-17(23)20-16-12(2)21-22(13(16)3)11-14-6-8-15(18)9-7-14/h6-9H,4-5,10-11H2,1-3H3,(H2,19,20,23). The van der Waals surface area contributed by atoms with Crippen LogP contribution in [-0.4, -0.2) is 21.4 Å². The van der Waals surface area contributed by atoms with E-state index in [1.807, 2.05) is 18.5 Å². The van der Waals surface area contributed by atoms with Crippen molar-refractivity contribution in [2.45, 2.75) is 40.2 Å². The maximum Gasteiger partial charge on any atom is 0.170 e.